The summed E-state index contributed by atoms with van der Waals surface area (Å²) in [6.45, 7) is 0. The highest BCUT2D eigenvalue weighted by molar-refractivity contribution is 6.25. The standard InChI is InChI=1S/C30H24O2/c1-31-25-16-12-21(13-17-25)28-20-24-10-6-7-11-27(24)30(28)29(22-8-4-3-5-9-22)23-14-18-26(32-2)19-15-23/h3-20H,1-2H3/b30-29+. The Morgan fingerprint density at radius 3 is 1.78 bits per heavy atom. The highest BCUT2D eigenvalue weighted by Crippen LogP contribution is 2.47. The first-order valence-electron chi connectivity index (χ1n) is 10.7. The van der Waals surface area contributed by atoms with Crippen LogP contribution in [0.25, 0.3) is 22.8 Å². The molecule has 4 aromatic carbocycles. The number of rotatable bonds is 5. The Balaban J connectivity index is 1.80. The predicted octanol–water partition coefficient (Wildman–Crippen LogP) is 7.22. The van der Waals surface area contributed by atoms with Gasteiger partial charge in [-0.3, -0.25) is 0 Å². The average Bonchev–Trinajstić information content (AvgIpc) is 3.25. The van der Waals surface area contributed by atoms with E-state index < -0.39 is 0 Å². The number of hydrogen-bond acceptors (Lipinski definition) is 2. The Kier molecular flexibility index (Phi) is 5.35. The summed E-state index contributed by atoms with van der Waals surface area (Å²) in [6, 6.07) is 35.8. The van der Waals surface area contributed by atoms with Gasteiger partial charge in [-0.15, -0.1) is 0 Å². The number of fused-ring (bicyclic) bond motifs is 1. The third-order valence-electron chi connectivity index (χ3n) is 5.89. The fourth-order valence-corrected chi connectivity index (χ4v) is 4.31. The lowest BCUT2D eigenvalue weighted by molar-refractivity contribution is 0.414. The van der Waals surface area contributed by atoms with Crippen molar-refractivity contribution in [3.8, 4) is 11.5 Å². The fraction of sp³-hybridized carbons (Fsp3) is 0.0667. The molecular weight excluding hydrogens is 392 g/mol. The van der Waals surface area contributed by atoms with Crippen LogP contribution < -0.4 is 9.47 Å². The van der Waals surface area contributed by atoms with E-state index in [1.165, 1.54) is 39.0 Å². The number of allylic oxidation sites excluding steroid dienone is 2. The second-order valence-corrected chi connectivity index (χ2v) is 7.72. The molecular formula is C30H24O2. The van der Waals surface area contributed by atoms with E-state index in [1.54, 1.807) is 14.2 Å². The molecule has 0 fully saturated rings. The second kappa shape index (κ2) is 8.60. The molecule has 0 unspecified atom stereocenters. The Morgan fingerprint density at radius 2 is 1.12 bits per heavy atom. The smallest absolute Gasteiger partial charge is 0.118 e. The second-order valence-electron chi connectivity index (χ2n) is 7.72. The SMILES string of the molecule is COc1ccc(C2=Cc3ccccc3/C2=C(/c2ccccc2)c2ccc(OC)cc2)cc1. The Morgan fingerprint density at radius 1 is 0.562 bits per heavy atom. The van der Waals surface area contributed by atoms with Gasteiger partial charge in [-0.1, -0.05) is 78.9 Å². The number of hydrogen-bond donors (Lipinski definition) is 0. The van der Waals surface area contributed by atoms with Crippen molar-refractivity contribution in [2.45, 2.75) is 0 Å². The summed E-state index contributed by atoms with van der Waals surface area (Å²) < 4.78 is 10.8. The molecule has 2 heteroatoms. The summed E-state index contributed by atoms with van der Waals surface area (Å²) in [4.78, 5) is 0. The van der Waals surface area contributed by atoms with Crippen molar-refractivity contribution in [2.75, 3.05) is 14.2 Å². The van der Waals surface area contributed by atoms with Crippen LogP contribution in [0.15, 0.2) is 103 Å². The van der Waals surface area contributed by atoms with Crippen LogP contribution in [0.1, 0.15) is 27.8 Å². The van der Waals surface area contributed by atoms with E-state index in [-0.39, 0.29) is 0 Å². The zero-order chi connectivity index (χ0) is 21.9. The molecule has 2 nitrogen and oxygen atoms in total. The third kappa shape index (κ3) is 3.61. The molecule has 4 aromatic rings. The van der Waals surface area contributed by atoms with Crippen molar-refractivity contribution < 1.29 is 9.47 Å². The molecule has 0 radical (unpaired) electrons. The van der Waals surface area contributed by atoms with Gasteiger partial charge in [0, 0.05) is 0 Å². The molecule has 0 aromatic heterocycles. The summed E-state index contributed by atoms with van der Waals surface area (Å²) in [7, 11) is 3.39. The van der Waals surface area contributed by atoms with Gasteiger partial charge in [0.05, 0.1) is 14.2 Å². The predicted molar refractivity (Wildman–Crippen MR) is 133 cm³/mol. The molecule has 0 saturated carbocycles. The first kappa shape index (κ1) is 19.9. The molecule has 0 bridgehead atoms. The third-order valence-corrected chi connectivity index (χ3v) is 5.89. The molecule has 156 valence electrons. The largest absolute Gasteiger partial charge is 0.497 e. The Hall–Kier alpha value is -4.04. The van der Waals surface area contributed by atoms with Crippen molar-refractivity contribution in [3.63, 3.8) is 0 Å². The molecule has 1 aliphatic carbocycles. The van der Waals surface area contributed by atoms with Crippen molar-refractivity contribution in [2.24, 2.45) is 0 Å². The van der Waals surface area contributed by atoms with Gasteiger partial charge in [-0.2, -0.15) is 0 Å². The van der Waals surface area contributed by atoms with E-state index in [1.807, 2.05) is 24.3 Å². The molecule has 0 atom stereocenters. The molecule has 0 spiro atoms. The van der Waals surface area contributed by atoms with Gasteiger partial charge in [0.25, 0.3) is 0 Å². The monoisotopic (exact) mass is 416 g/mol. The van der Waals surface area contributed by atoms with Gasteiger partial charge in [0.15, 0.2) is 0 Å². The van der Waals surface area contributed by atoms with Gasteiger partial charge in [0.1, 0.15) is 11.5 Å². The molecule has 0 aliphatic heterocycles. The normalized spacial score (nSPS) is 13.9. The molecule has 0 N–H and O–H groups in total. The lowest BCUT2D eigenvalue weighted by atomic mass is 9.86. The Labute approximate surface area is 189 Å². The van der Waals surface area contributed by atoms with E-state index in [2.05, 4.69) is 84.9 Å². The number of ether oxygens (including phenoxy) is 2. The van der Waals surface area contributed by atoms with Crippen molar-refractivity contribution in [1.82, 2.24) is 0 Å². The molecule has 32 heavy (non-hydrogen) atoms. The van der Waals surface area contributed by atoms with Gasteiger partial charge in [-0.25, -0.2) is 0 Å². The van der Waals surface area contributed by atoms with Crippen LogP contribution in [0.4, 0.5) is 0 Å². The van der Waals surface area contributed by atoms with Crippen LogP contribution in [-0.2, 0) is 0 Å². The Bertz CT molecular complexity index is 1300. The minimum atomic E-state index is 0.851. The minimum absolute atomic E-state index is 0.851. The maximum atomic E-state index is 5.41. The maximum absolute atomic E-state index is 5.41. The zero-order valence-electron chi connectivity index (χ0n) is 18.2. The molecule has 5 rings (SSSR count). The zero-order valence-corrected chi connectivity index (χ0v) is 18.2. The topological polar surface area (TPSA) is 18.5 Å². The molecule has 0 saturated heterocycles. The summed E-state index contributed by atoms with van der Waals surface area (Å²) in [5, 5.41) is 0. The summed E-state index contributed by atoms with van der Waals surface area (Å²) in [5.74, 6) is 1.71. The summed E-state index contributed by atoms with van der Waals surface area (Å²) in [5.41, 5.74) is 9.64. The van der Waals surface area contributed by atoms with Crippen LogP contribution in [-0.4, -0.2) is 14.2 Å². The highest BCUT2D eigenvalue weighted by Gasteiger charge is 2.25. The quantitative estimate of drug-likeness (QED) is 0.342. The van der Waals surface area contributed by atoms with Gasteiger partial charge in [0.2, 0.25) is 0 Å². The van der Waals surface area contributed by atoms with Crippen LogP contribution in [0.2, 0.25) is 0 Å². The van der Waals surface area contributed by atoms with E-state index >= 15 is 0 Å². The lowest BCUT2D eigenvalue weighted by Gasteiger charge is -2.18. The number of methoxy groups -OCH3 is 2. The fourth-order valence-electron chi connectivity index (χ4n) is 4.31. The number of benzene rings is 4. The summed E-state index contributed by atoms with van der Waals surface area (Å²) >= 11 is 0. The van der Waals surface area contributed by atoms with Crippen LogP contribution in [0.5, 0.6) is 11.5 Å². The molecule has 0 heterocycles. The minimum Gasteiger partial charge on any atom is -0.497 e. The van der Waals surface area contributed by atoms with Gasteiger partial charge >= 0.3 is 0 Å². The van der Waals surface area contributed by atoms with Crippen LogP contribution in [0.3, 0.4) is 0 Å². The van der Waals surface area contributed by atoms with Gasteiger partial charge < -0.3 is 9.47 Å². The first-order chi connectivity index (χ1) is 15.8. The van der Waals surface area contributed by atoms with E-state index in [4.69, 9.17) is 9.47 Å². The lowest BCUT2D eigenvalue weighted by Crippen LogP contribution is -1.96. The van der Waals surface area contributed by atoms with Crippen molar-refractivity contribution in [3.05, 3.63) is 131 Å². The van der Waals surface area contributed by atoms with E-state index in [0.29, 0.717) is 0 Å². The van der Waals surface area contributed by atoms with Crippen LogP contribution in [0, 0.1) is 0 Å². The first-order valence-corrected chi connectivity index (χ1v) is 10.7. The summed E-state index contributed by atoms with van der Waals surface area (Å²) in [6.07, 6.45) is 2.29. The van der Waals surface area contributed by atoms with Gasteiger partial charge in [-0.05, 0) is 74.9 Å². The van der Waals surface area contributed by atoms with Crippen molar-refractivity contribution >= 4 is 22.8 Å². The molecule has 0 amide bonds. The van der Waals surface area contributed by atoms with E-state index in [9.17, 15) is 0 Å². The molecule has 1 aliphatic rings. The van der Waals surface area contributed by atoms with Crippen LogP contribution >= 0.6 is 0 Å². The maximum Gasteiger partial charge on any atom is 0.118 e. The average molecular weight is 417 g/mol. The van der Waals surface area contributed by atoms with E-state index in [0.717, 1.165) is 17.1 Å². The highest BCUT2D eigenvalue weighted by atomic mass is 16.5. The van der Waals surface area contributed by atoms with Crippen molar-refractivity contribution in [1.29, 1.82) is 0 Å².